The Kier molecular flexibility index (Phi) is 7.36. The Labute approximate surface area is 61.0 Å². The molecule has 0 saturated carbocycles. The molecule has 0 aromatic heterocycles. The molecule has 0 aromatic rings. The number of carbonyl (C=O) groups is 1. The second-order valence-electron chi connectivity index (χ2n) is 1.45. The molecular formula is C4H11LiN2O. The van der Waals surface area contributed by atoms with Crippen molar-refractivity contribution in [2.24, 2.45) is 11.5 Å². The summed E-state index contributed by atoms with van der Waals surface area (Å²) in [6.07, 6.45) is 0. The van der Waals surface area contributed by atoms with Crippen LogP contribution in [0, 0.1) is 0 Å². The molecule has 0 bridgehead atoms. The SMILES string of the molecule is CC(=O)C(N)CN.[LiH]. The minimum atomic E-state index is -0.458. The Morgan fingerprint density at radius 1 is 1.75 bits per heavy atom. The van der Waals surface area contributed by atoms with Gasteiger partial charge >= 0.3 is 18.9 Å². The van der Waals surface area contributed by atoms with E-state index in [1.807, 2.05) is 0 Å². The summed E-state index contributed by atoms with van der Waals surface area (Å²) in [4.78, 5) is 10.2. The predicted octanol–water partition coefficient (Wildman–Crippen LogP) is -1.79. The molecule has 0 fully saturated rings. The first kappa shape index (κ1) is 11.0. The molecule has 0 aliphatic carbocycles. The van der Waals surface area contributed by atoms with E-state index in [4.69, 9.17) is 11.5 Å². The number of carbonyl (C=O) groups excluding carboxylic acids is 1. The molecule has 1 atom stereocenters. The van der Waals surface area contributed by atoms with Crippen LogP contribution in [0.25, 0.3) is 0 Å². The van der Waals surface area contributed by atoms with Crippen molar-refractivity contribution in [1.29, 1.82) is 0 Å². The molecule has 0 saturated heterocycles. The molecule has 8 heavy (non-hydrogen) atoms. The van der Waals surface area contributed by atoms with Crippen LogP contribution in [0.1, 0.15) is 6.92 Å². The zero-order valence-electron chi connectivity index (χ0n) is 4.35. The first-order chi connectivity index (χ1) is 3.18. The molecule has 0 heterocycles. The molecule has 3 nitrogen and oxygen atoms in total. The van der Waals surface area contributed by atoms with Crippen molar-refractivity contribution in [1.82, 2.24) is 0 Å². The van der Waals surface area contributed by atoms with E-state index in [1.165, 1.54) is 6.92 Å². The third-order valence-electron chi connectivity index (χ3n) is 0.776. The van der Waals surface area contributed by atoms with E-state index in [0.717, 1.165) is 0 Å². The van der Waals surface area contributed by atoms with Crippen LogP contribution in [0.4, 0.5) is 0 Å². The van der Waals surface area contributed by atoms with E-state index in [9.17, 15) is 4.79 Å². The molecule has 0 spiro atoms. The van der Waals surface area contributed by atoms with Crippen LogP contribution in [0.2, 0.25) is 0 Å². The van der Waals surface area contributed by atoms with Crippen molar-refractivity contribution in [3.63, 3.8) is 0 Å². The standard InChI is InChI=1S/C4H10N2O.Li.H/c1-3(7)4(6)2-5;;/h4H,2,5-6H2,1H3;;. The van der Waals surface area contributed by atoms with Crippen LogP contribution in [-0.2, 0) is 4.79 Å². The topological polar surface area (TPSA) is 69.1 Å². The summed E-state index contributed by atoms with van der Waals surface area (Å²) in [6.45, 7) is 1.67. The molecular weight excluding hydrogens is 99.0 g/mol. The van der Waals surface area contributed by atoms with Gasteiger partial charge in [0.1, 0.15) is 5.78 Å². The molecule has 4 N–H and O–H groups in total. The number of rotatable bonds is 2. The Bertz CT molecular complexity index is 76.4. The number of hydrogen-bond acceptors (Lipinski definition) is 3. The molecule has 0 aromatic carbocycles. The first-order valence-electron chi connectivity index (χ1n) is 2.14. The summed E-state index contributed by atoms with van der Waals surface area (Å²) in [5, 5.41) is 0. The molecule has 4 heteroatoms. The summed E-state index contributed by atoms with van der Waals surface area (Å²) >= 11 is 0. The minimum absolute atomic E-state index is 0. The molecule has 1 unspecified atom stereocenters. The Morgan fingerprint density at radius 3 is 2.12 bits per heavy atom. The monoisotopic (exact) mass is 110 g/mol. The first-order valence-corrected chi connectivity index (χ1v) is 2.14. The van der Waals surface area contributed by atoms with E-state index in [2.05, 4.69) is 0 Å². The van der Waals surface area contributed by atoms with Crippen molar-refractivity contribution >= 4 is 24.6 Å². The van der Waals surface area contributed by atoms with Crippen molar-refractivity contribution < 1.29 is 4.79 Å². The van der Waals surface area contributed by atoms with Gasteiger partial charge in [0.05, 0.1) is 6.04 Å². The molecule has 44 valence electrons. The van der Waals surface area contributed by atoms with E-state index in [-0.39, 0.29) is 31.2 Å². The van der Waals surface area contributed by atoms with Gasteiger partial charge in [0.2, 0.25) is 0 Å². The zero-order chi connectivity index (χ0) is 5.86. The molecule has 0 amide bonds. The molecule has 0 aliphatic rings. The van der Waals surface area contributed by atoms with Crippen molar-refractivity contribution in [3.8, 4) is 0 Å². The fraction of sp³-hybridized carbons (Fsp3) is 0.750. The third-order valence-corrected chi connectivity index (χ3v) is 0.776. The van der Waals surface area contributed by atoms with Crippen molar-refractivity contribution in [2.75, 3.05) is 6.54 Å². The zero-order valence-corrected chi connectivity index (χ0v) is 4.35. The van der Waals surface area contributed by atoms with Gasteiger partial charge in [-0.3, -0.25) is 4.79 Å². The summed E-state index contributed by atoms with van der Waals surface area (Å²) in [7, 11) is 0. The van der Waals surface area contributed by atoms with Crippen LogP contribution in [-0.4, -0.2) is 37.2 Å². The van der Waals surface area contributed by atoms with Crippen molar-refractivity contribution in [3.05, 3.63) is 0 Å². The Balaban J connectivity index is 0. The second-order valence-corrected chi connectivity index (χ2v) is 1.45. The summed E-state index contributed by atoms with van der Waals surface area (Å²) in [5.41, 5.74) is 10.2. The molecule has 0 rings (SSSR count). The number of nitrogens with two attached hydrogens (primary N) is 2. The van der Waals surface area contributed by atoms with Gasteiger partial charge in [-0.05, 0) is 6.92 Å². The predicted molar refractivity (Wildman–Crippen MR) is 34.9 cm³/mol. The van der Waals surface area contributed by atoms with Crippen LogP contribution >= 0.6 is 0 Å². The fourth-order valence-corrected chi connectivity index (χ4v) is 0.166. The average molecular weight is 110 g/mol. The normalized spacial score (nSPS) is 11.9. The number of ketones is 1. The van der Waals surface area contributed by atoms with Gasteiger partial charge in [-0.2, -0.15) is 0 Å². The van der Waals surface area contributed by atoms with Crippen LogP contribution in [0.3, 0.4) is 0 Å². The van der Waals surface area contributed by atoms with E-state index in [0.29, 0.717) is 0 Å². The fourth-order valence-electron chi connectivity index (χ4n) is 0.166. The molecule has 0 aliphatic heterocycles. The maximum atomic E-state index is 10.2. The van der Waals surface area contributed by atoms with Gasteiger partial charge in [0.15, 0.2) is 0 Å². The van der Waals surface area contributed by atoms with Gasteiger partial charge < -0.3 is 11.5 Å². The average Bonchev–Trinajstić information content (AvgIpc) is 1.65. The van der Waals surface area contributed by atoms with E-state index in [1.54, 1.807) is 0 Å². The van der Waals surface area contributed by atoms with Crippen LogP contribution < -0.4 is 11.5 Å². The number of hydrogen-bond donors (Lipinski definition) is 2. The van der Waals surface area contributed by atoms with Gasteiger partial charge in [-0.1, -0.05) is 0 Å². The van der Waals surface area contributed by atoms with Crippen LogP contribution in [0.15, 0.2) is 0 Å². The Morgan fingerprint density at radius 2 is 2.12 bits per heavy atom. The van der Waals surface area contributed by atoms with E-state index >= 15 is 0 Å². The second kappa shape index (κ2) is 5.33. The maximum absolute atomic E-state index is 10.2. The van der Waals surface area contributed by atoms with Crippen molar-refractivity contribution in [2.45, 2.75) is 13.0 Å². The summed E-state index contributed by atoms with van der Waals surface area (Å²) in [5.74, 6) is -0.0532. The third kappa shape index (κ3) is 4.35. The number of Topliss-reactive ketones (excluding diaryl/α,β-unsaturated/α-hetero) is 1. The summed E-state index contributed by atoms with van der Waals surface area (Å²) in [6, 6.07) is -0.458. The Hall–Kier alpha value is 0.187. The van der Waals surface area contributed by atoms with E-state index < -0.39 is 6.04 Å². The van der Waals surface area contributed by atoms with Gasteiger partial charge in [-0.25, -0.2) is 0 Å². The van der Waals surface area contributed by atoms with Gasteiger partial charge in [0.25, 0.3) is 0 Å². The van der Waals surface area contributed by atoms with Gasteiger partial charge in [0, 0.05) is 6.54 Å². The van der Waals surface area contributed by atoms with Gasteiger partial charge in [-0.15, -0.1) is 0 Å². The molecule has 0 radical (unpaired) electrons. The summed E-state index contributed by atoms with van der Waals surface area (Å²) < 4.78 is 0. The quantitative estimate of drug-likeness (QED) is 0.412. The van der Waals surface area contributed by atoms with Crippen LogP contribution in [0.5, 0.6) is 0 Å².